The lowest BCUT2D eigenvalue weighted by molar-refractivity contribution is 0.326. The highest BCUT2D eigenvalue weighted by atomic mass is 35.5. The maximum atomic E-state index is 6.36. The van der Waals surface area contributed by atoms with Gasteiger partial charge in [-0.05, 0) is 35.8 Å². The first-order valence-electron chi connectivity index (χ1n) is 10.7. The van der Waals surface area contributed by atoms with Crippen molar-refractivity contribution in [3.8, 4) is 0 Å². The average molecular weight is 420 g/mol. The molecule has 0 radical (unpaired) electrons. The van der Waals surface area contributed by atoms with Gasteiger partial charge in [0.25, 0.3) is 0 Å². The van der Waals surface area contributed by atoms with Crippen molar-refractivity contribution >= 4 is 29.1 Å². The zero-order valence-electron chi connectivity index (χ0n) is 17.2. The molecule has 2 aromatic rings. The van der Waals surface area contributed by atoms with Crippen molar-refractivity contribution in [3.05, 3.63) is 76.0 Å². The van der Waals surface area contributed by atoms with E-state index >= 15 is 0 Å². The number of fused-ring (bicyclic) bond motifs is 3. The first-order chi connectivity index (χ1) is 14.7. The SMILES string of the molecule is CCC1=C(Cc2ccccc2)N=C2c3cc(Cl)ccc3N=C(N3CCNCC3)N2C1. The van der Waals surface area contributed by atoms with E-state index in [2.05, 4.69) is 52.4 Å². The normalized spacial score (nSPS) is 18.6. The molecule has 0 atom stereocenters. The molecule has 3 aliphatic heterocycles. The Morgan fingerprint density at radius 3 is 2.60 bits per heavy atom. The van der Waals surface area contributed by atoms with Crippen molar-refractivity contribution < 1.29 is 0 Å². The van der Waals surface area contributed by atoms with E-state index in [1.165, 1.54) is 16.8 Å². The number of guanidine groups is 1. The second kappa shape index (κ2) is 8.25. The monoisotopic (exact) mass is 419 g/mol. The Kier molecular flexibility index (Phi) is 5.32. The molecule has 5 rings (SSSR count). The van der Waals surface area contributed by atoms with Gasteiger partial charge in [0.1, 0.15) is 5.84 Å². The molecule has 0 unspecified atom stereocenters. The minimum atomic E-state index is 0.715. The number of nitrogens with one attached hydrogen (secondary N) is 1. The average Bonchev–Trinajstić information content (AvgIpc) is 2.79. The Hall–Kier alpha value is -2.63. The van der Waals surface area contributed by atoms with Crippen LogP contribution in [0.2, 0.25) is 5.02 Å². The molecule has 2 aromatic carbocycles. The summed E-state index contributed by atoms with van der Waals surface area (Å²) in [4.78, 5) is 14.9. The fraction of sp³-hybridized carbons (Fsp3) is 0.333. The van der Waals surface area contributed by atoms with Crippen LogP contribution in [0.5, 0.6) is 0 Å². The van der Waals surface area contributed by atoms with Crippen molar-refractivity contribution in [1.29, 1.82) is 0 Å². The predicted molar refractivity (Wildman–Crippen MR) is 124 cm³/mol. The number of halogens is 1. The molecule has 6 heteroatoms. The van der Waals surface area contributed by atoms with Crippen molar-refractivity contribution in [2.24, 2.45) is 9.98 Å². The van der Waals surface area contributed by atoms with Crippen LogP contribution < -0.4 is 5.32 Å². The third kappa shape index (κ3) is 3.64. The van der Waals surface area contributed by atoms with Crippen LogP contribution in [-0.4, -0.2) is 54.3 Å². The molecule has 1 fully saturated rings. The van der Waals surface area contributed by atoms with E-state index in [1.807, 2.05) is 18.2 Å². The van der Waals surface area contributed by atoms with Gasteiger partial charge < -0.3 is 10.2 Å². The van der Waals surface area contributed by atoms with Crippen LogP contribution in [0.1, 0.15) is 24.5 Å². The van der Waals surface area contributed by atoms with Gasteiger partial charge in [-0.2, -0.15) is 0 Å². The molecule has 0 aromatic heterocycles. The number of nitrogens with zero attached hydrogens (tertiary/aromatic N) is 4. The molecular weight excluding hydrogens is 394 g/mol. The molecule has 0 saturated carbocycles. The molecule has 3 heterocycles. The number of benzene rings is 2. The van der Waals surface area contributed by atoms with Gasteiger partial charge >= 0.3 is 0 Å². The number of aliphatic imine (C=N–C) groups is 2. The highest BCUT2D eigenvalue weighted by Crippen LogP contribution is 2.34. The summed E-state index contributed by atoms with van der Waals surface area (Å²) < 4.78 is 0. The molecule has 0 aliphatic carbocycles. The van der Waals surface area contributed by atoms with Crippen molar-refractivity contribution in [2.75, 3.05) is 32.7 Å². The summed E-state index contributed by atoms with van der Waals surface area (Å²) in [5, 5.41) is 4.15. The van der Waals surface area contributed by atoms with E-state index in [0.29, 0.717) is 5.02 Å². The fourth-order valence-electron chi connectivity index (χ4n) is 4.32. The van der Waals surface area contributed by atoms with E-state index in [9.17, 15) is 0 Å². The van der Waals surface area contributed by atoms with Gasteiger partial charge in [0.15, 0.2) is 0 Å². The summed E-state index contributed by atoms with van der Waals surface area (Å²) in [5.41, 5.74) is 5.79. The van der Waals surface area contributed by atoms with Gasteiger partial charge in [-0.3, -0.25) is 4.90 Å². The molecule has 1 N–H and O–H groups in total. The van der Waals surface area contributed by atoms with E-state index in [1.54, 1.807) is 0 Å². The maximum Gasteiger partial charge on any atom is 0.208 e. The van der Waals surface area contributed by atoms with E-state index in [4.69, 9.17) is 21.6 Å². The van der Waals surface area contributed by atoms with Gasteiger partial charge in [0.2, 0.25) is 5.96 Å². The lowest BCUT2D eigenvalue weighted by Crippen LogP contribution is -2.55. The summed E-state index contributed by atoms with van der Waals surface area (Å²) >= 11 is 6.36. The van der Waals surface area contributed by atoms with Crippen LogP contribution in [0.4, 0.5) is 5.69 Å². The van der Waals surface area contributed by atoms with Gasteiger partial charge in [-0.1, -0.05) is 48.9 Å². The van der Waals surface area contributed by atoms with Crippen LogP contribution >= 0.6 is 11.6 Å². The second-order valence-corrected chi connectivity index (χ2v) is 8.33. The number of hydrogen-bond acceptors (Lipinski definition) is 5. The van der Waals surface area contributed by atoms with Gasteiger partial charge in [-0.25, -0.2) is 9.98 Å². The fourth-order valence-corrected chi connectivity index (χ4v) is 4.50. The summed E-state index contributed by atoms with van der Waals surface area (Å²) in [6.45, 7) is 6.90. The quantitative estimate of drug-likeness (QED) is 0.810. The highest BCUT2D eigenvalue weighted by molar-refractivity contribution is 6.31. The largest absolute Gasteiger partial charge is 0.340 e. The minimum Gasteiger partial charge on any atom is -0.340 e. The third-order valence-corrected chi connectivity index (χ3v) is 6.19. The summed E-state index contributed by atoms with van der Waals surface area (Å²) in [5.74, 6) is 1.98. The van der Waals surface area contributed by atoms with Crippen molar-refractivity contribution in [1.82, 2.24) is 15.1 Å². The van der Waals surface area contributed by atoms with Crippen LogP contribution in [0.3, 0.4) is 0 Å². The second-order valence-electron chi connectivity index (χ2n) is 7.90. The Morgan fingerprint density at radius 1 is 1.03 bits per heavy atom. The molecule has 0 spiro atoms. The number of allylic oxidation sites excluding steroid dienone is 1. The van der Waals surface area contributed by atoms with E-state index in [-0.39, 0.29) is 0 Å². The smallest absolute Gasteiger partial charge is 0.208 e. The molecule has 5 nitrogen and oxygen atoms in total. The summed E-state index contributed by atoms with van der Waals surface area (Å²) in [6, 6.07) is 16.5. The Bertz CT molecular complexity index is 1030. The van der Waals surface area contributed by atoms with E-state index in [0.717, 1.165) is 68.6 Å². The maximum absolute atomic E-state index is 6.36. The van der Waals surface area contributed by atoms with Crippen LogP contribution in [0.25, 0.3) is 0 Å². The molecule has 3 aliphatic rings. The highest BCUT2D eigenvalue weighted by Gasteiger charge is 2.34. The first-order valence-corrected chi connectivity index (χ1v) is 11.1. The lowest BCUT2D eigenvalue weighted by Gasteiger charge is -2.41. The van der Waals surface area contributed by atoms with Crippen molar-refractivity contribution in [3.63, 3.8) is 0 Å². The van der Waals surface area contributed by atoms with Crippen LogP contribution in [-0.2, 0) is 6.42 Å². The van der Waals surface area contributed by atoms with Gasteiger partial charge in [0.05, 0.1) is 12.2 Å². The van der Waals surface area contributed by atoms with E-state index < -0.39 is 0 Å². The summed E-state index contributed by atoms with van der Waals surface area (Å²) in [6.07, 6.45) is 1.82. The molecule has 154 valence electrons. The standard InChI is InChI=1S/C24H26ClN5/c1-2-18-16-30-23(27-22(18)14-17-6-4-3-5-7-17)20-15-19(25)8-9-21(20)28-24(30)29-12-10-26-11-13-29/h3-9,15,26H,2,10-14,16H2,1H3. The number of rotatable bonds is 3. The Morgan fingerprint density at radius 2 is 1.83 bits per heavy atom. The third-order valence-electron chi connectivity index (χ3n) is 5.96. The number of amidine groups is 1. The Balaban J connectivity index is 1.59. The molecule has 0 bridgehead atoms. The number of hydrogen-bond donors (Lipinski definition) is 1. The minimum absolute atomic E-state index is 0.715. The topological polar surface area (TPSA) is 43.2 Å². The predicted octanol–water partition coefficient (Wildman–Crippen LogP) is 4.22. The zero-order valence-corrected chi connectivity index (χ0v) is 18.0. The molecular formula is C24H26ClN5. The molecule has 30 heavy (non-hydrogen) atoms. The number of piperazine rings is 1. The zero-order chi connectivity index (χ0) is 20.5. The summed E-state index contributed by atoms with van der Waals surface area (Å²) in [7, 11) is 0. The lowest BCUT2D eigenvalue weighted by atomic mass is 10.00. The van der Waals surface area contributed by atoms with Crippen LogP contribution in [0, 0.1) is 0 Å². The van der Waals surface area contributed by atoms with Gasteiger partial charge in [0, 0.05) is 48.9 Å². The Labute approximate surface area is 182 Å². The molecule has 1 saturated heterocycles. The van der Waals surface area contributed by atoms with Crippen LogP contribution in [0.15, 0.2) is 69.8 Å². The molecule has 0 amide bonds. The van der Waals surface area contributed by atoms with Crippen molar-refractivity contribution in [2.45, 2.75) is 19.8 Å². The first kappa shape index (κ1) is 19.3. The van der Waals surface area contributed by atoms with Gasteiger partial charge in [-0.15, -0.1) is 0 Å².